The number of hydrogen-bond donors (Lipinski definition) is 1. The fourth-order valence-corrected chi connectivity index (χ4v) is 2.43. The molecule has 1 saturated heterocycles. The molecule has 1 aliphatic rings. The summed E-state index contributed by atoms with van der Waals surface area (Å²) in [6.07, 6.45) is 0.971. The highest BCUT2D eigenvalue weighted by atomic mass is 35.5. The second kappa shape index (κ2) is 4.46. The molecule has 0 aromatic rings. The number of halogens is 3. The standard InChI is InChI=1S/C7H10ClF2NOS/c8-7(9,10)6(12)11-3-5-1-2-13-4-5/h5H,1-4H2,(H,11,12). The van der Waals surface area contributed by atoms with Gasteiger partial charge in [0, 0.05) is 6.54 Å². The summed E-state index contributed by atoms with van der Waals surface area (Å²) in [6.45, 7) is 0.300. The van der Waals surface area contributed by atoms with Crippen molar-refractivity contribution in [2.24, 2.45) is 5.92 Å². The van der Waals surface area contributed by atoms with Crippen molar-refractivity contribution in [2.75, 3.05) is 18.1 Å². The fourth-order valence-electron chi connectivity index (χ4n) is 1.08. The Labute approximate surface area is 84.4 Å². The van der Waals surface area contributed by atoms with Crippen LogP contribution in [0.1, 0.15) is 6.42 Å². The van der Waals surface area contributed by atoms with Gasteiger partial charge in [0.05, 0.1) is 0 Å². The molecular weight excluding hydrogens is 220 g/mol. The van der Waals surface area contributed by atoms with Crippen LogP contribution < -0.4 is 5.32 Å². The van der Waals surface area contributed by atoms with E-state index >= 15 is 0 Å². The normalized spacial score (nSPS) is 23.2. The van der Waals surface area contributed by atoms with Crippen molar-refractivity contribution in [3.63, 3.8) is 0 Å². The van der Waals surface area contributed by atoms with Crippen molar-refractivity contribution in [1.29, 1.82) is 0 Å². The van der Waals surface area contributed by atoms with Gasteiger partial charge in [0.25, 0.3) is 0 Å². The lowest BCUT2D eigenvalue weighted by Crippen LogP contribution is -2.38. The van der Waals surface area contributed by atoms with Gasteiger partial charge in [-0.2, -0.15) is 20.5 Å². The molecule has 0 saturated carbocycles. The second-order valence-electron chi connectivity index (χ2n) is 2.94. The Balaban J connectivity index is 2.22. The van der Waals surface area contributed by atoms with E-state index in [4.69, 9.17) is 0 Å². The summed E-state index contributed by atoms with van der Waals surface area (Å²) in [5.74, 6) is 0.880. The van der Waals surface area contributed by atoms with E-state index in [1.54, 1.807) is 11.8 Å². The molecule has 1 heterocycles. The third-order valence-corrected chi connectivity index (χ3v) is 3.24. The Morgan fingerprint density at radius 3 is 2.85 bits per heavy atom. The highest BCUT2D eigenvalue weighted by Gasteiger charge is 2.35. The Morgan fingerprint density at radius 1 is 1.69 bits per heavy atom. The van der Waals surface area contributed by atoms with Crippen molar-refractivity contribution in [3.05, 3.63) is 0 Å². The van der Waals surface area contributed by atoms with Gasteiger partial charge in [-0.15, -0.1) is 0 Å². The number of hydrogen-bond acceptors (Lipinski definition) is 2. The first-order chi connectivity index (χ1) is 6.00. The first kappa shape index (κ1) is 11.0. The Kier molecular flexibility index (Phi) is 3.79. The van der Waals surface area contributed by atoms with Crippen molar-refractivity contribution in [3.8, 4) is 0 Å². The predicted octanol–water partition coefficient (Wildman–Crippen LogP) is 1.69. The largest absolute Gasteiger partial charge is 0.399 e. The number of rotatable bonds is 3. The summed E-state index contributed by atoms with van der Waals surface area (Å²) in [5.41, 5.74) is 0. The molecule has 1 amide bonds. The van der Waals surface area contributed by atoms with Crippen LogP contribution in [-0.2, 0) is 4.79 Å². The van der Waals surface area contributed by atoms with Gasteiger partial charge in [-0.3, -0.25) is 4.79 Å². The molecule has 1 unspecified atom stereocenters. The van der Waals surface area contributed by atoms with Crippen molar-refractivity contribution < 1.29 is 13.6 Å². The lowest BCUT2D eigenvalue weighted by molar-refractivity contribution is -0.135. The molecule has 6 heteroatoms. The van der Waals surface area contributed by atoms with Crippen LogP contribution >= 0.6 is 23.4 Å². The van der Waals surface area contributed by atoms with Gasteiger partial charge in [-0.05, 0) is 35.4 Å². The Morgan fingerprint density at radius 2 is 2.38 bits per heavy atom. The van der Waals surface area contributed by atoms with Crippen molar-refractivity contribution >= 4 is 29.3 Å². The van der Waals surface area contributed by atoms with E-state index in [2.05, 4.69) is 16.9 Å². The molecular formula is C7H10ClF2NOS. The first-order valence-electron chi connectivity index (χ1n) is 3.93. The highest BCUT2D eigenvalue weighted by Crippen LogP contribution is 2.23. The fraction of sp³-hybridized carbons (Fsp3) is 0.857. The molecule has 2 nitrogen and oxygen atoms in total. The third kappa shape index (κ3) is 3.68. The van der Waals surface area contributed by atoms with Crippen LogP contribution in [0.25, 0.3) is 0 Å². The summed E-state index contributed by atoms with van der Waals surface area (Å²) in [6, 6.07) is 0. The summed E-state index contributed by atoms with van der Waals surface area (Å²) in [7, 11) is 0. The van der Waals surface area contributed by atoms with Crippen LogP contribution in [0.3, 0.4) is 0 Å². The maximum Gasteiger partial charge on any atom is 0.399 e. The molecule has 76 valence electrons. The molecule has 1 aliphatic heterocycles. The molecule has 1 N–H and O–H groups in total. The van der Waals surface area contributed by atoms with Crippen LogP contribution in [0, 0.1) is 5.92 Å². The van der Waals surface area contributed by atoms with E-state index in [0.717, 1.165) is 17.9 Å². The number of alkyl halides is 3. The minimum Gasteiger partial charge on any atom is -0.349 e. The SMILES string of the molecule is O=C(NCC1CCSC1)C(F)(F)Cl. The average molecular weight is 230 g/mol. The Hall–Kier alpha value is -0.0300. The van der Waals surface area contributed by atoms with Crippen LogP contribution in [-0.4, -0.2) is 29.3 Å². The molecule has 0 radical (unpaired) electrons. The van der Waals surface area contributed by atoms with Gasteiger partial charge in [-0.1, -0.05) is 0 Å². The topological polar surface area (TPSA) is 29.1 Å². The number of thioether (sulfide) groups is 1. The number of nitrogens with one attached hydrogen (secondary N) is 1. The van der Waals surface area contributed by atoms with Crippen molar-refractivity contribution in [2.45, 2.75) is 11.8 Å². The van der Waals surface area contributed by atoms with Gasteiger partial charge < -0.3 is 5.32 Å². The molecule has 0 aromatic carbocycles. The molecule has 0 spiro atoms. The maximum absolute atomic E-state index is 12.1. The van der Waals surface area contributed by atoms with Crippen LogP contribution in [0.4, 0.5) is 8.78 Å². The zero-order valence-electron chi connectivity index (χ0n) is 6.86. The molecule has 1 rings (SSSR count). The van der Waals surface area contributed by atoms with Crippen LogP contribution in [0.15, 0.2) is 0 Å². The van der Waals surface area contributed by atoms with E-state index in [1.165, 1.54) is 0 Å². The van der Waals surface area contributed by atoms with E-state index in [9.17, 15) is 13.6 Å². The van der Waals surface area contributed by atoms with Gasteiger partial charge in [0.15, 0.2) is 0 Å². The zero-order valence-corrected chi connectivity index (χ0v) is 8.43. The van der Waals surface area contributed by atoms with Crippen LogP contribution in [0.5, 0.6) is 0 Å². The highest BCUT2D eigenvalue weighted by molar-refractivity contribution is 7.99. The maximum atomic E-state index is 12.1. The van der Waals surface area contributed by atoms with Crippen molar-refractivity contribution in [1.82, 2.24) is 5.32 Å². The summed E-state index contributed by atoms with van der Waals surface area (Å²) >= 11 is 6.29. The molecule has 13 heavy (non-hydrogen) atoms. The van der Waals surface area contributed by atoms with Gasteiger partial charge in [-0.25, -0.2) is 0 Å². The average Bonchev–Trinajstić information content (AvgIpc) is 2.50. The van der Waals surface area contributed by atoms with E-state index in [-0.39, 0.29) is 0 Å². The lowest BCUT2D eigenvalue weighted by atomic mass is 10.1. The molecule has 0 aromatic heterocycles. The smallest absolute Gasteiger partial charge is 0.349 e. The molecule has 0 bridgehead atoms. The Bertz CT molecular complexity index is 191. The molecule has 1 atom stereocenters. The summed E-state index contributed by atoms with van der Waals surface area (Å²) in [4.78, 5) is 10.6. The monoisotopic (exact) mass is 229 g/mol. The third-order valence-electron chi connectivity index (χ3n) is 1.83. The first-order valence-corrected chi connectivity index (χ1v) is 5.46. The van der Waals surface area contributed by atoms with Gasteiger partial charge in [0.2, 0.25) is 0 Å². The van der Waals surface area contributed by atoms with Gasteiger partial charge in [0.1, 0.15) is 0 Å². The van der Waals surface area contributed by atoms with Gasteiger partial charge >= 0.3 is 11.3 Å². The molecule has 1 fully saturated rings. The van der Waals surface area contributed by atoms with E-state index in [0.29, 0.717) is 12.5 Å². The molecule has 0 aliphatic carbocycles. The quantitative estimate of drug-likeness (QED) is 0.747. The summed E-state index contributed by atoms with van der Waals surface area (Å²) < 4.78 is 24.3. The lowest BCUT2D eigenvalue weighted by Gasteiger charge is -2.12. The minimum absolute atomic E-state index is 0.300. The minimum atomic E-state index is -3.77. The van der Waals surface area contributed by atoms with E-state index < -0.39 is 11.3 Å². The zero-order chi connectivity index (χ0) is 9.90. The predicted molar refractivity (Wildman–Crippen MR) is 49.2 cm³/mol. The number of amides is 1. The van der Waals surface area contributed by atoms with E-state index in [1.807, 2.05) is 0 Å². The number of carbonyl (C=O) groups excluding carboxylic acids is 1. The number of carbonyl (C=O) groups is 1. The second-order valence-corrected chi connectivity index (χ2v) is 4.56. The van der Waals surface area contributed by atoms with Crippen LogP contribution in [0.2, 0.25) is 0 Å². The summed E-state index contributed by atoms with van der Waals surface area (Å²) in [5, 5.41) is -1.64.